The molecule has 0 bridgehead atoms. The average molecular weight is 397 g/mol. The first-order valence-electron chi connectivity index (χ1n) is 8.49. The number of hydrogen-bond donors (Lipinski definition) is 0. The van der Waals surface area contributed by atoms with E-state index in [4.69, 9.17) is 16.0 Å². The maximum atomic E-state index is 12.8. The maximum Gasteiger partial charge on any atom is 0.257 e. The Balaban J connectivity index is 1.55. The third-order valence-electron chi connectivity index (χ3n) is 4.42. The maximum absolute atomic E-state index is 12.8. The number of para-hydroxylation sites is 2. The molecule has 2 heterocycles. The number of hydrogen-bond acceptors (Lipinski definition) is 4. The summed E-state index contributed by atoms with van der Waals surface area (Å²) in [5.41, 5.74) is 5.15. The first-order valence-corrected chi connectivity index (χ1v) is 9.86. The first-order chi connectivity index (χ1) is 13.0. The van der Waals surface area contributed by atoms with Crippen LogP contribution in [-0.2, 0) is 0 Å². The number of benzene rings is 2. The van der Waals surface area contributed by atoms with Crippen molar-refractivity contribution < 1.29 is 9.21 Å². The van der Waals surface area contributed by atoms with Gasteiger partial charge in [-0.2, -0.15) is 0 Å². The Morgan fingerprint density at radius 1 is 1.15 bits per heavy atom. The van der Waals surface area contributed by atoms with Gasteiger partial charge in [-0.25, -0.2) is 4.98 Å². The fourth-order valence-electron chi connectivity index (χ4n) is 3.15. The van der Waals surface area contributed by atoms with Gasteiger partial charge in [0.2, 0.25) is 0 Å². The van der Waals surface area contributed by atoms with Crippen molar-refractivity contribution >= 4 is 40.2 Å². The van der Waals surface area contributed by atoms with Gasteiger partial charge >= 0.3 is 0 Å². The van der Waals surface area contributed by atoms with E-state index < -0.39 is 0 Å². The van der Waals surface area contributed by atoms with Crippen LogP contribution in [0.25, 0.3) is 16.8 Å². The summed E-state index contributed by atoms with van der Waals surface area (Å²) >= 11 is 7.30. The number of carbonyl (C=O) groups excluding carboxylic acids is 1. The van der Waals surface area contributed by atoms with E-state index in [1.807, 2.05) is 68.4 Å². The molecular weight excluding hydrogens is 380 g/mol. The van der Waals surface area contributed by atoms with Crippen molar-refractivity contribution in [3.8, 4) is 5.69 Å². The van der Waals surface area contributed by atoms with E-state index in [2.05, 4.69) is 9.55 Å². The van der Waals surface area contributed by atoms with Gasteiger partial charge in [-0.1, -0.05) is 35.5 Å². The smallest absolute Gasteiger partial charge is 0.257 e. The molecule has 0 aliphatic rings. The number of halogens is 1. The Labute approximate surface area is 166 Å². The van der Waals surface area contributed by atoms with Crippen molar-refractivity contribution in [2.75, 3.05) is 5.75 Å². The van der Waals surface area contributed by atoms with Crippen molar-refractivity contribution in [1.82, 2.24) is 9.55 Å². The van der Waals surface area contributed by atoms with Crippen LogP contribution < -0.4 is 0 Å². The molecule has 0 amide bonds. The normalized spacial score (nSPS) is 11.2. The highest BCUT2D eigenvalue weighted by Crippen LogP contribution is 2.26. The molecule has 0 spiro atoms. The van der Waals surface area contributed by atoms with E-state index >= 15 is 0 Å². The lowest BCUT2D eigenvalue weighted by Crippen LogP contribution is -2.05. The van der Waals surface area contributed by atoms with Crippen LogP contribution in [-0.4, -0.2) is 21.1 Å². The van der Waals surface area contributed by atoms with Gasteiger partial charge in [0.1, 0.15) is 5.52 Å². The van der Waals surface area contributed by atoms with Crippen LogP contribution in [0.4, 0.5) is 0 Å². The Kier molecular flexibility index (Phi) is 4.81. The Hall–Kier alpha value is -2.50. The quantitative estimate of drug-likeness (QED) is 0.313. The summed E-state index contributed by atoms with van der Waals surface area (Å²) in [6.45, 7) is 3.95. The molecule has 0 fully saturated rings. The van der Waals surface area contributed by atoms with Crippen LogP contribution in [0.2, 0.25) is 5.02 Å². The molecule has 0 aliphatic carbocycles. The van der Waals surface area contributed by atoms with Crippen LogP contribution in [0.5, 0.6) is 0 Å². The van der Waals surface area contributed by atoms with Crippen LogP contribution in [0, 0.1) is 13.8 Å². The first kappa shape index (κ1) is 17.9. The van der Waals surface area contributed by atoms with Crippen molar-refractivity contribution in [2.24, 2.45) is 0 Å². The van der Waals surface area contributed by atoms with Crippen molar-refractivity contribution in [3.05, 3.63) is 76.6 Å². The summed E-state index contributed by atoms with van der Waals surface area (Å²) in [7, 11) is 0. The average Bonchev–Trinajstić information content (AvgIpc) is 3.21. The summed E-state index contributed by atoms with van der Waals surface area (Å²) in [6.07, 6.45) is 0. The van der Waals surface area contributed by atoms with Crippen LogP contribution >= 0.6 is 23.4 Å². The van der Waals surface area contributed by atoms with Crippen molar-refractivity contribution in [2.45, 2.75) is 19.1 Å². The molecule has 27 heavy (non-hydrogen) atoms. The fourth-order valence-corrected chi connectivity index (χ4v) is 4.00. The number of nitrogens with zero attached hydrogens (tertiary/aromatic N) is 2. The van der Waals surface area contributed by atoms with Crippen molar-refractivity contribution in [1.29, 1.82) is 0 Å². The van der Waals surface area contributed by atoms with E-state index in [0.29, 0.717) is 15.8 Å². The fraction of sp³-hybridized carbons (Fsp3) is 0.143. The number of rotatable bonds is 5. The van der Waals surface area contributed by atoms with Gasteiger partial charge in [0.15, 0.2) is 11.4 Å². The van der Waals surface area contributed by atoms with Crippen LogP contribution in [0.3, 0.4) is 0 Å². The third kappa shape index (κ3) is 3.53. The van der Waals surface area contributed by atoms with Gasteiger partial charge in [0.25, 0.3) is 5.22 Å². The van der Waals surface area contributed by atoms with E-state index in [1.54, 1.807) is 0 Å². The number of carbonyl (C=O) groups is 1. The summed E-state index contributed by atoms with van der Waals surface area (Å²) in [5.74, 6) is 0.327. The second-order valence-corrected chi connectivity index (χ2v) is 7.62. The number of oxazole rings is 1. The zero-order chi connectivity index (χ0) is 19.0. The highest BCUT2D eigenvalue weighted by Gasteiger charge is 2.18. The highest BCUT2D eigenvalue weighted by atomic mass is 35.5. The molecule has 136 valence electrons. The molecule has 4 aromatic rings. The zero-order valence-corrected chi connectivity index (χ0v) is 16.5. The zero-order valence-electron chi connectivity index (χ0n) is 14.9. The molecule has 2 aromatic carbocycles. The monoisotopic (exact) mass is 396 g/mol. The predicted octanol–water partition coefficient (Wildman–Crippen LogP) is 5.86. The van der Waals surface area contributed by atoms with Gasteiger partial charge in [-0.3, -0.25) is 4.79 Å². The van der Waals surface area contributed by atoms with E-state index in [-0.39, 0.29) is 11.5 Å². The second-order valence-electron chi connectivity index (χ2n) is 6.26. The van der Waals surface area contributed by atoms with Gasteiger partial charge in [0.05, 0.1) is 5.75 Å². The molecule has 4 nitrogen and oxygen atoms in total. The number of thioether (sulfide) groups is 1. The molecule has 0 atom stereocenters. The molecule has 0 saturated heterocycles. The largest absolute Gasteiger partial charge is 0.431 e. The standard InChI is InChI=1S/C21H17ClN2O2S/c1-13-11-17(14(2)24(13)16-9-7-15(22)8-10-16)19(25)12-27-21-23-18-5-3-4-6-20(18)26-21/h3-11H,12H2,1-2H3. The van der Waals surface area contributed by atoms with Crippen LogP contribution in [0.15, 0.2) is 64.2 Å². The molecule has 0 aliphatic heterocycles. The predicted molar refractivity (Wildman–Crippen MR) is 109 cm³/mol. The lowest BCUT2D eigenvalue weighted by molar-refractivity contribution is 0.102. The lowest BCUT2D eigenvalue weighted by atomic mass is 10.2. The lowest BCUT2D eigenvalue weighted by Gasteiger charge is -2.09. The van der Waals surface area contributed by atoms with Gasteiger partial charge in [0, 0.05) is 27.7 Å². The molecule has 0 unspecified atom stereocenters. The Bertz CT molecular complexity index is 1100. The highest BCUT2D eigenvalue weighted by molar-refractivity contribution is 7.99. The molecule has 0 saturated carbocycles. The van der Waals surface area contributed by atoms with E-state index in [1.165, 1.54) is 11.8 Å². The topological polar surface area (TPSA) is 48.0 Å². The molecule has 4 rings (SSSR count). The SMILES string of the molecule is Cc1cc(C(=O)CSc2nc3ccccc3o2)c(C)n1-c1ccc(Cl)cc1. The summed E-state index contributed by atoms with van der Waals surface area (Å²) in [6, 6.07) is 17.1. The van der Waals surface area contributed by atoms with Gasteiger partial charge < -0.3 is 8.98 Å². The van der Waals surface area contributed by atoms with Crippen LogP contribution in [0.1, 0.15) is 21.7 Å². The number of fused-ring (bicyclic) bond motifs is 1. The number of Topliss-reactive ketones (excluding diaryl/α,β-unsaturated/α-hetero) is 1. The molecular formula is C21H17ClN2O2S. The second kappa shape index (κ2) is 7.25. The number of aromatic nitrogens is 2. The Morgan fingerprint density at radius 2 is 1.89 bits per heavy atom. The third-order valence-corrected chi connectivity index (χ3v) is 5.50. The molecule has 2 aromatic heterocycles. The minimum atomic E-state index is 0.0515. The van der Waals surface area contributed by atoms with Gasteiger partial charge in [-0.15, -0.1) is 0 Å². The van der Waals surface area contributed by atoms with Gasteiger partial charge in [-0.05, 0) is 56.3 Å². The summed E-state index contributed by atoms with van der Waals surface area (Å²) in [4.78, 5) is 17.2. The minimum Gasteiger partial charge on any atom is -0.431 e. The molecule has 0 N–H and O–H groups in total. The molecule has 0 radical (unpaired) electrons. The van der Waals surface area contributed by atoms with Crippen molar-refractivity contribution in [3.63, 3.8) is 0 Å². The number of aryl methyl sites for hydroxylation is 1. The summed E-state index contributed by atoms with van der Waals surface area (Å²) in [5, 5.41) is 1.20. The molecule has 6 heteroatoms. The van der Waals surface area contributed by atoms with E-state index in [0.717, 1.165) is 28.2 Å². The minimum absolute atomic E-state index is 0.0515. The van der Waals surface area contributed by atoms with E-state index in [9.17, 15) is 4.79 Å². The number of ketones is 1. The summed E-state index contributed by atoms with van der Waals surface area (Å²) < 4.78 is 7.74. The Morgan fingerprint density at radius 3 is 2.63 bits per heavy atom.